The molecule has 0 amide bonds. The quantitative estimate of drug-likeness (QED) is 0.768. The van der Waals surface area contributed by atoms with Crippen molar-refractivity contribution in [3.63, 3.8) is 0 Å². The van der Waals surface area contributed by atoms with Gasteiger partial charge in [-0.1, -0.05) is 0 Å². The third kappa shape index (κ3) is 3.44. The van der Waals surface area contributed by atoms with Crippen molar-refractivity contribution in [2.24, 2.45) is 5.92 Å². The second-order valence-corrected chi connectivity index (χ2v) is 5.38. The third-order valence-electron chi connectivity index (χ3n) is 4.01. The minimum Gasteiger partial charge on any atom is -0.385 e. The van der Waals surface area contributed by atoms with Crippen LogP contribution in [0.25, 0.3) is 0 Å². The van der Waals surface area contributed by atoms with Crippen LogP contribution in [0.1, 0.15) is 32.6 Å². The predicted molar refractivity (Wildman–Crippen MR) is 66.7 cm³/mol. The van der Waals surface area contributed by atoms with Crippen LogP contribution in [0.15, 0.2) is 0 Å². The molecule has 0 aromatic rings. The summed E-state index contributed by atoms with van der Waals surface area (Å²) in [5.41, 5.74) is 0. The Morgan fingerprint density at radius 1 is 1.44 bits per heavy atom. The van der Waals surface area contributed by atoms with Gasteiger partial charge in [-0.2, -0.15) is 0 Å². The molecule has 1 N–H and O–H groups in total. The van der Waals surface area contributed by atoms with Gasteiger partial charge in [0, 0.05) is 32.3 Å². The van der Waals surface area contributed by atoms with E-state index in [1.165, 1.54) is 38.9 Å². The van der Waals surface area contributed by atoms with E-state index in [2.05, 4.69) is 17.1 Å². The molecule has 1 saturated carbocycles. The third-order valence-corrected chi connectivity index (χ3v) is 4.01. The van der Waals surface area contributed by atoms with Crippen LogP contribution < -0.4 is 5.32 Å². The molecule has 1 saturated heterocycles. The molecule has 2 atom stereocenters. The molecule has 3 heteroatoms. The highest BCUT2D eigenvalue weighted by Gasteiger charge is 2.33. The van der Waals surface area contributed by atoms with Gasteiger partial charge >= 0.3 is 0 Å². The summed E-state index contributed by atoms with van der Waals surface area (Å²) >= 11 is 0. The number of nitrogens with one attached hydrogen (secondary N) is 1. The summed E-state index contributed by atoms with van der Waals surface area (Å²) in [6.45, 7) is 6.93. The normalized spacial score (nSPS) is 30.0. The van der Waals surface area contributed by atoms with Gasteiger partial charge in [0.05, 0.1) is 0 Å². The zero-order valence-corrected chi connectivity index (χ0v) is 10.7. The molecule has 0 radical (unpaired) electrons. The second kappa shape index (κ2) is 5.99. The van der Waals surface area contributed by atoms with E-state index in [1.807, 2.05) is 0 Å². The van der Waals surface area contributed by atoms with E-state index in [9.17, 15) is 0 Å². The van der Waals surface area contributed by atoms with E-state index >= 15 is 0 Å². The molecule has 1 aliphatic heterocycles. The van der Waals surface area contributed by atoms with Crippen molar-refractivity contribution in [1.29, 1.82) is 0 Å². The van der Waals surface area contributed by atoms with Gasteiger partial charge in [0.25, 0.3) is 0 Å². The lowest BCUT2D eigenvalue weighted by atomic mass is 10.1. The lowest BCUT2D eigenvalue weighted by molar-refractivity contribution is 0.134. The molecule has 3 nitrogen and oxygen atoms in total. The lowest BCUT2D eigenvalue weighted by Gasteiger charge is -2.30. The van der Waals surface area contributed by atoms with Gasteiger partial charge in [0.2, 0.25) is 0 Å². The maximum Gasteiger partial charge on any atom is 0.0477 e. The molecule has 1 heterocycles. The Kier molecular flexibility index (Phi) is 4.62. The molecule has 16 heavy (non-hydrogen) atoms. The maximum absolute atomic E-state index is 5.18. The first kappa shape index (κ1) is 12.3. The van der Waals surface area contributed by atoms with Crippen LogP contribution in [0, 0.1) is 5.92 Å². The van der Waals surface area contributed by atoms with Crippen LogP contribution >= 0.6 is 0 Å². The fourth-order valence-electron chi connectivity index (χ4n) is 2.66. The fourth-order valence-corrected chi connectivity index (χ4v) is 2.66. The summed E-state index contributed by atoms with van der Waals surface area (Å²) in [7, 11) is 1.80. The molecule has 0 aromatic heterocycles. The van der Waals surface area contributed by atoms with E-state index in [0.29, 0.717) is 6.04 Å². The first-order valence-corrected chi connectivity index (χ1v) is 6.77. The van der Waals surface area contributed by atoms with Crippen molar-refractivity contribution < 1.29 is 4.74 Å². The molecular formula is C13H26N2O. The van der Waals surface area contributed by atoms with Crippen LogP contribution in [0.4, 0.5) is 0 Å². The number of nitrogens with zero attached hydrogens (tertiary/aromatic N) is 1. The van der Waals surface area contributed by atoms with E-state index in [4.69, 9.17) is 4.74 Å². The smallest absolute Gasteiger partial charge is 0.0477 e. The number of rotatable bonds is 5. The Labute approximate surface area is 99.5 Å². The van der Waals surface area contributed by atoms with Gasteiger partial charge in [-0.3, -0.25) is 4.90 Å². The monoisotopic (exact) mass is 226 g/mol. The molecule has 2 aliphatic rings. The minimum absolute atomic E-state index is 0.668. The van der Waals surface area contributed by atoms with Gasteiger partial charge < -0.3 is 10.1 Å². The SMILES string of the molecule is COCCC(C)N1CCCNC(C2CC2)C1. The summed E-state index contributed by atoms with van der Waals surface area (Å²) in [4.78, 5) is 2.65. The van der Waals surface area contributed by atoms with E-state index < -0.39 is 0 Å². The highest BCUT2D eigenvalue weighted by Crippen LogP contribution is 2.33. The predicted octanol–water partition coefficient (Wildman–Crippen LogP) is 1.49. The number of hydrogen-bond acceptors (Lipinski definition) is 3. The number of methoxy groups -OCH3 is 1. The highest BCUT2D eigenvalue weighted by molar-refractivity contribution is 4.90. The van der Waals surface area contributed by atoms with Crippen molar-refractivity contribution >= 4 is 0 Å². The van der Waals surface area contributed by atoms with E-state index in [1.54, 1.807) is 7.11 Å². The Morgan fingerprint density at radius 2 is 2.25 bits per heavy atom. The first-order valence-electron chi connectivity index (χ1n) is 6.77. The summed E-state index contributed by atoms with van der Waals surface area (Å²) in [5.74, 6) is 0.968. The summed E-state index contributed by atoms with van der Waals surface area (Å²) in [6.07, 6.45) is 5.34. The van der Waals surface area contributed by atoms with Gasteiger partial charge in [-0.25, -0.2) is 0 Å². The van der Waals surface area contributed by atoms with Crippen LogP contribution in [0.3, 0.4) is 0 Å². The molecule has 94 valence electrons. The van der Waals surface area contributed by atoms with E-state index in [0.717, 1.165) is 25.0 Å². The molecule has 0 aromatic carbocycles. The number of hydrogen-bond donors (Lipinski definition) is 1. The Balaban J connectivity index is 1.81. The van der Waals surface area contributed by atoms with Crippen molar-refractivity contribution in [2.45, 2.75) is 44.7 Å². The first-order chi connectivity index (χ1) is 7.81. The lowest BCUT2D eigenvalue weighted by Crippen LogP contribution is -2.43. The molecule has 2 fully saturated rings. The minimum atomic E-state index is 0.668. The Hall–Kier alpha value is -0.120. The van der Waals surface area contributed by atoms with Gasteiger partial charge in [-0.05, 0) is 51.6 Å². The molecule has 1 aliphatic carbocycles. The number of ether oxygens (including phenoxy) is 1. The zero-order valence-electron chi connectivity index (χ0n) is 10.7. The average molecular weight is 226 g/mol. The fraction of sp³-hybridized carbons (Fsp3) is 1.00. The molecule has 2 rings (SSSR count). The zero-order chi connectivity index (χ0) is 11.4. The van der Waals surface area contributed by atoms with Crippen LogP contribution in [-0.4, -0.2) is 50.3 Å². The Bertz CT molecular complexity index is 206. The summed E-state index contributed by atoms with van der Waals surface area (Å²) in [6, 6.07) is 1.42. The van der Waals surface area contributed by atoms with Gasteiger partial charge in [0.15, 0.2) is 0 Å². The van der Waals surface area contributed by atoms with Crippen molar-refractivity contribution in [3.8, 4) is 0 Å². The summed E-state index contributed by atoms with van der Waals surface area (Å²) in [5, 5.41) is 3.71. The largest absolute Gasteiger partial charge is 0.385 e. The van der Waals surface area contributed by atoms with Crippen molar-refractivity contribution in [3.05, 3.63) is 0 Å². The van der Waals surface area contributed by atoms with Crippen molar-refractivity contribution in [1.82, 2.24) is 10.2 Å². The Morgan fingerprint density at radius 3 is 2.94 bits per heavy atom. The molecule has 2 unspecified atom stereocenters. The average Bonchev–Trinajstić information content (AvgIpc) is 3.09. The summed E-state index contributed by atoms with van der Waals surface area (Å²) < 4.78 is 5.18. The van der Waals surface area contributed by atoms with Gasteiger partial charge in [0.1, 0.15) is 0 Å². The standard InChI is InChI=1S/C13H26N2O/c1-11(6-9-16-2)15-8-3-7-14-13(10-15)12-4-5-12/h11-14H,3-10H2,1-2H3. The second-order valence-electron chi connectivity index (χ2n) is 5.38. The van der Waals surface area contributed by atoms with Crippen LogP contribution in [0.2, 0.25) is 0 Å². The molecular weight excluding hydrogens is 200 g/mol. The topological polar surface area (TPSA) is 24.5 Å². The van der Waals surface area contributed by atoms with Gasteiger partial charge in [-0.15, -0.1) is 0 Å². The van der Waals surface area contributed by atoms with Crippen LogP contribution in [-0.2, 0) is 4.74 Å². The van der Waals surface area contributed by atoms with E-state index in [-0.39, 0.29) is 0 Å². The van der Waals surface area contributed by atoms with Crippen LogP contribution in [0.5, 0.6) is 0 Å². The molecule has 0 spiro atoms. The molecule has 0 bridgehead atoms. The maximum atomic E-state index is 5.18. The highest BCUT2D eigenvalue weighted by atomic mass is 16.5. The van der Waals surface area contributed by atoms with Crippen molar-refractivity contribution in [2.75, 3.05) is 33.4 Å².